The van der Waals surface area contributed by atoms with Crippen LogP contribution in [0.2, 0.25) is 0 Å². The lowest BCUT2D eigenvalue weighted by molar-refractivity contribution is 0.370. The summed E-state index contributed by atoms with van der Waals surface area (Å²) in [6.45, 7) is 0.343. The van der Waals surface area contributed by atoms with Crippen LogP contribution in [-0.2, 0) is 4.74 Å². The molecule has 1 N–H and O–H groups in total. The van der Waals surface area contributed by atoms with E-state index in [1.165, 1.54) is 30.3 Å². The van der Waals surface area contributed by atoms with E-state index < -0.39 is 40.9 Å². The first kappa shape index (κ1) is 21.9. The second kappa shape index (κ2) is 8.45. The molecule has 7 heteroatoms. The van der Waals surface area contributed by atoms with E-state index in [4.69, 9.17) is 4.74 Å². The molecule has 0 spiro atoms. The molecule has 1 atom stereocenters. The van der Waals surface area contributed by atoms with Gasteiger partial charge in [0.25, 0.3) is 0 Å². The summed E-state index contributed by atoms with van der Waals surface area (Å²) in [4.78, 5) is 0. The molecule has 5 rings (SSSR count). The molecule has 1 heterocycles. The van der Waals surface area contributed by atoms with Crippen molar-refractivity contribution in [3.8, 4) is 16.9 Å². The summed E-state index contributed by atoms with van der Waals surface area (Å²) in [7, 11) is 0. The van der Waals surface area contributed by atoms with E-state index in [9.17, 15) is 27.1 Å². The van der Waals surface area contributed by atoms with E-state index in [1.54, 1.807) is 6.07 Å². The highest BCUT2D eigenvalue weighted by Gasteiger charge is 2.31. The minimum atomic E-state index is -1.24. The molecule has 1 aliphatic heterocycles. The fraction of sp³-hybridized carbons (Fsp3) is 0.308. The average molecular weight is 460 g/mol. The van der Waals surface area contributed by atoms with Gasteiger partial charge >= 0.3 is 0 Å². The molecule has 1 saturated heterocycles. The number of phenols is 1. The topological polar surface area (TPSA) is 32.8 Å². The zero-order valence-corrected chi connectivity index (χ0v) is 17.6. The van der Waals surface area contributed by atoms with Gasteiger partial charge < -0.3 is 9.84 Å². The number of benzene rings is 3. The number of halogens is 5. The molecule has 1 unspecified atom stereocenters. The third-order valence-electron chi connectivity index (χ3n) is 6.81. The van der Waals surface area contributed by atoms with Gasteiger partial charge in [-0.1, -0.05) is 30.3 Å². The van der Waals surface area contributed by atoms with Crippen LogP contribution < -0.4 is 0 Å². The maximum atomic E-state index is 14.9. The first-order chi connectivity index (χ1) is 15.8. The van der Waals surface area contributed by atoms with Crippen molar-refractivity contribution in [3.63, 3.8) is 0 Å². The first-order valence-corrected chi connectivity index (χ1v) is 10.9. The maximum Gasteiger partial charge on any atom is 0.200 e. The summed E-state index contributed by atoms with van der Waals surface area (Å²) in [6.07, 6.45) is 2.01. The molecule has 3 aromatic rings. The second-order valence-corrected chi connectivity index (χ2v) is 8.74. The Hall–Kier alpha value is -2.93. The number of phenolic OH excluding ortho intramolecular Hbond substituents is 1. The molecule has 0 radical (unpaired) electrons. The van der Waals surface area contributed by atoms with E-state index >= 15 is 0 Å². The van der Waals surface area contributed by atoms with Gasteiger partial charge in [0.2, 0.25) is 5.82 Å². The van der Waals surface area contributed by atoms with Gasteiger partial charge in [0.1, 0.15) is 11.9 Å². The quantitative estimate of drug-likeness (QED) is 0.328. The molecular formula is C26H21F5O2. The van der Waals surface area contributed by atoms with Crippen LogP contribution in [0.25, 0.3) is 11.1 Å². The molecule has 2 nitrogen and oxygen atoms in total. The molecule has 1 aliphatic carbocycles. The Morgan fingerprint density at radius 3 is 1.94 bits per heavy atom. The molecule has 33 heavy (non-hydrogen) atoms. The zero-order chi connectivity index (χ0) is 23.3. The number of hydrogen-bond acceptors (Lipinski definition) is 2. The molecule has 3 aromatic carbocycles. The highest BCUT2D eigenvalue weighted by atomic mass is 19.2. The van der Waals surface area contributed by atoms with Gasteiger partial charge in [0, 0.05) is 16.7 Å². The van der Waals surface area contributed by atoms with Gasteiger partial charge in [-0.05, 0) is 60.8 Å². The van der Waals surface area contributed by atoms with E-state index in [0.29, 0.717) is 32.3 Å². The molecule has 172 valence electrons. The summed E-state index contributed by atoms with van der Waals surface area (Å²) >= 11 is 0. The zero-order valence-electron chi connectivity index (χ0n) is 17.6. The number of ether oxygens (including phenoxy) is 1. The van der Waals surface area contributed by atoms with Crippen LogP contribution in [0.4, 0.5) is 22.0 Å². The Morgan fingerprint density at radius 1 is 0.667 bits per heavy atom. The van der Waals surface area contributed by atoms with E-state index in [2.05, 4.69) is 0 Å². The van der Waals surface area contributed by atoms with Crippen molar-refractivity contribution in [2.45, 2.75) is 43.6 Å². The third kappa shape index (κ3) is 3.99. The Bertz CT molecular complexity index is 1210. The Balaban J connectivity index is 1.33. The summed E-state index contributed by atoms with van der Waals surface area (Å²) in [6, 6.07) is 9.85. The minimum absolute atomic E-state index is 0.0193. The molecule has 1 saturated carbocycles. The number of epoxide rings is 1. The minimum Gasteiger partial charge on any atom is -0.505 e. The monoisotopic (exact) mass is 460 g/mol. The van der Waals surface area contributed by atoms with Crippen LogP contribution in [0.5, 0.6) is 5.75 Å². The normalized spacial score (nSPS) is 22.4. The summed E-state index contributed by atoms with van der Waals surface area (Å²) in [5.74, 6) is -5.91. The van der Waals surface area contributed by atoms with Crippen LogP contribution in [0.15, 0.2) is 42.5 Å². The summed E-state index contributed by atoms with van der Waals surface area (Å²) in [5, 5.41) is 9.32. The van der Waals surface area contributed by atoms with Crippen molar-refractivity contribution in [2.75, 3.05) is 6.61 Å². The lowest BCUT2D eigenvalue weighted by Crippen LogP contribution is -2.14. The van der Waals surface area contributed by atoms with Crippen LogP contribution in [0, 0.1) is 29.1 Å². The van der Waals surface area contributed by atoms with Crippen LogP contribution >= 0.6 is 0 Å². The fourth-order valence-electron chi connectivity index (χ4n) is 4.86. The van der Waals surface area contributed by atoms with Crippen molar-refractivity contribution >= 4 is 0 Å². The Morgan fingerprint density at radius 2 is 1.27 bits per heavy atom. The molecular weight excluding hydrogens is 439 g/mol. The van der Waals surface area contributed by atoms with Gasteiger partial charge in [0.05, 0.1) is 6.61 Å². The van der Waals surface area contributed by atoms with E-state index in [1.807, 2.05) is 0 Å². The van der Waals surface area contributed by atoms with E-state index in [0.717, 1.165) is 11.6 Å². The second-order valence-electron chi connectivity index (χ2n) is 8.74. The van der Waals surface area contributed by atoms with Gasteiger partial charge in [-0.25, -0.2) is 17.6 Å². The Kier molecular flexibility index (Phi) is 5.60. The smallest absolute Gasteiger partial charge is 0.200 e. The van der Waals surface area contributed by atoms with Crippen LogP contribution in [-0.4, -0.2) is 11.7 Å². The highest BCUT2D eigenvalue weighted by molar-refractivity contribution is 5.66. The van der Waals surface area contributed by atoms with Crippen molar-refractivity contribution in [1.82, 2.24) is 0 Å². The predicted octanol–water partition coefficient (Wildman–Crippen LogP) is 7.27. The fourth-order valence-corrected chi connectivity index (χ4v) is 4.86. The largest absolute Gasteiger partial charge is 0.505 e. The van der Waals surface area contributed by atoms with Gasteiger partial charge in [0.15, 0.2) is 23.2 Å². The van der Waals surface area contributed by atoms with E-state index in [-0.39, 0.29) is 34.1 Å². The standard InChI is InChI=1S/C26H21F5O2/c27-20-11-15(5-6-17(20)18-7-8-19(22-12-33-22)25(30)24(18)29)13-1-3-14(4-2-13)16-9-10-21(32)26(31)23(16)28/h5-11,13-14,22,32H,1-4,12H2. The Labute approximate surface area is 187 Å². The summed E-state index contributed by atoms with van der Waals surface area (Å²) < 4.78 is 76.8. The molecule has 0 bridgehead atoms. The van der Waals surface area contributed by atoms with Crippen molar-refractivity contribution < 1.29 is 31.8 Å². The molecule has 2 fully saturated rings. The number of aromatic hydroxyl groups is 1. The maximum absolute atomic E-state index is 14.9. The van der Waals surface area contributed by atoms with Crippen LogP contribution in [0.1, 0.15) is 60.3 Å². The van der Waals surface area contributed by atoms with Gasteiger partial charge in [-0.15, -0.1) is 0 Å². The molecule has 0 amide bonds. The predicted molar refractivity (Wildman–Crippen MR) is 112 cm³/mol. The molecule has 2 aliphatic rings. The van der Waals surface area contributed by atoms with Crippen molar-refractivity contribution in [3.05, 3.63) is 88.2 Å². The van der Waals surface area contributed by atoms with Crippen LogP contribution in [0.3, 0.4) is 0 Å². The number of rotatable bonds is 4. The van der Waals surface area contributed by atoms with Gasteiger partial charge in [-0.3, -0.25) is 0 Å². The van der Waals surface area contributed by atoms with Crippen molar-refractivity contribution in [2.24, 2.45) is 0 Å². The first-order valence-electron chi connectivity index (χ1n) is 10.9. The lowest BCUT2D eigenvalue weighted by Gasteiger charge is -2.29. The lowest BCUT2D eigenvalue weighted by atomic mass is 9.76. The van der Waals surface area contributed by atoms with Crippen molar-refractivity contribution in [1.29, 1.82) is 0 Å². The third-order valence-corrected chi connectivity index (χ3v) is 6.81. The van der Waals surface area contributed by atoms with Gasteiger partial charge in [-0.2, -0.15) is 4.39 Å². The number of hydrogen-bond donors (Lipinski definition) is 1. The summed E-state index contributed by atoms with van der Waals surface area (Å²) in [5.41, 5.74) is 0.942. The average Bonchev–Trinajstić information content (AvgIpc) is 3.65. The molecule has 0 aromatic heterocycles. The highest BCUT2D eigenvalue weighted by Crippen LogP contribution is 2.43. The SMILES string of the molecule is Oc1ccc(C2CCC(c3ccc(-c4ccc(C5CO5)c(F)c4F)c(F)c3)CC2)c(F)c1F.